The third-order valence-corrected chi connectivity index (χ3v) is 5.20. The zero-order valence-corrected chi connectivity index (χ0v) is 12.6. The zero-order chi connectivity index (χ0) is 14.9. The topological polar surface area (TPSA) is 28.2 Å². The lowest BCUT2D eigenvalue weighted by molar-refractivity contribution is -0.134. The van der Waals surface area contributed by atoms with Crippen LogP contribution in [-0.4, -0.2) is 35.6 Å². The maximum absolute atomic E-state index is 12.5. The molecule has 1 aliphatic carbocycles. The monoisotopic (exact) mass is 319 g/mol. The van der Waals surface area contributed by atoms with Crippen molar-refractivity contribution in [2.45, 2.75) is 44.4 Å². The van der Waals surface area contributed by atoms with Gasteiger partial charge in [-0.05, 0) is 38.1 Å². The Kier molecular flexibility index (Phi) is 4.51. The summed E-state index contributed by atoms with van der Waals surface area (Å²) in [6.07, 6.45) is 1.54. The summed E-state index contributed by atoms with van der Waals surface area (Å²) >= 11 is 0.763. The van der Waals surface area contributed by atoms with Crippen LogP contribution < -0.4 is 5.32 Å². The van der Waals surface area contributed by atoms with Gasteiger partial charge in [0.25, 0.3) is 0 Å². The highest BCUT2D eigenvalue weighted by molar-refractivity contribution is 7.11. The van der Waals surface area contributed by atoms with Crippen LogP contribution in [0.25, 0.3) is 0 Å². The Balaban J connectivity index is 1.43. The second-order valence-corrected chi connectivity index (χ2v) is 7.13. The van der Waals surface area contributed by atoms with Crippen LogP contribution in [-0.2, 0) is 12.7 Å². The number of hydrogen-bond donors (Lipinski definition) is 1. The first-order valence-electron chi connectivity index (χ1n) is 7.48. The molecular formula is C14H20F3N3S. The summed E-state index contributed by atoms with van der Waals surface area (Å²) in [5, 5.41) is 4.17. The van der Waals surface area contributed by atoms with E-state index in [-0.39, 0.29) is 0 Å². The minimum Gasteiger partial charge on any atom is -0.314 e. The Morgan fingerprint density at radius 2 is 1.95 bits per heavy atom. The van der Waals surface area contributed by atoms with Gasteiger partial charge in [-0.25, -0.2) is 4.98 Å². The predicted molar refractivity (Wildman–Crippen MR) is 76.1 cm³/mol. The zero-order valence-electron chi connectivity index (χ0n) is 11.8. The van der Waals surface area contributed by atoms with Gasteiger partial charge < -0.3 is 5.32 Å². The molecule has 1 aromatic heterocycles. The number of piperidine rings is 1. The molecule has 7 heteroatoms. The minimum atomic E-state index is -4.27. The Morgan fingerprint density at radius 1 is 1.24 bits per heavy atom. The molecule has 3 rings (SSSR count). The van der Waals surface area contributed by atoms with Gasteiger partial charge in [-0.15, -0.1) is 11.3 Å². The van der Waals surface area contributed by atoms with E-state index in [0.29, 0.717) is 17.6 Å². The fourth-order valence-electron chi connectivity index (χ4n) is 2.66. The van der Waals surface area contributed by atoms with E-state index in [1.54, 1.807) is 0 Å². The number of rotatable bonds is 5. The van der Waals surface area contributed by atoms with Crippen molar-refractivity contribution >= 4 is 11.3 Å². The van der Waals surface area contributed by atoms with E-state index in [2.05, 4.69) is 15.2 Å². The maximum Gasteiger partial charge on any atom is 0.427 e. The van der Waals surface area contributed by atoms with Crippen LogP contribution in [0.2, 0.25) is 0 Å². The number of alkyl halides is 3. The van der Waals surface area contributed by atoms with Crippen LogP contribution in [0, 0.1) is 5.92 Å². The number of thiazole rings is 1. The minimum absolute atomic E-state index is 0.538. The van der Waals surface area contributed by atoms with Crippen molar-refractivity contribution in [2.75, 3.05) is 19.6 Å². The largest absolute Gasteiger partial charge is 0.427 e. The van der Waals surface area contributed by atoms with Crippen LogP contribution in [0.3, 0.4) is 0 Å². The van der Waals surface area contributed by atoms with Gasteiger partial charge in [0, 0.05) is 19.1 Å². The molecule has 2 heterocycles. The van der Waals surface area contributed by atoms with E-state index in [1.807, 2.05) is 0 Å². The second-order valence-electron chi connectivity index (χ2n) is 6.02. The van der Waals surface area contributed by atoms with Crippen molar-refractivity contribution in [1.82, 2.24) is 15.2 Å². The van der Waals surface area contributed by atoms with E-state index in [4.69, 9.17) is 0 Å². The number of nitrogens with one attached hydrogen (secondary N) is 1. The van der Waals surface area contributed by atoms with Gasteiger partial charge in [-0.3, -0.25) is 4.90 Å². The number of nitrogens with zero attached hydrogens (tertiary/aromatic N) is 2. The van der Waals surface area contributed by atoms with Crippen LogP contribution in [0.4, 0.5) is 13.2 Å². The van der Waals surface area contributed by atoms with Gasteiger partial charge >= 0.3 is 6.18 Å². The average Bonchev–Trinajstić information content (AvgIpc) is 3.14. The molecule has 1 aromatic rings. The molecule has 0 aromatic carbocycles. The molecule has 1 saturated heterocycles. The lowest BCUT2D eigenvalue weighted by Crippen LogP contribution is -2.42. The summed E-state index contributed by atoms with van der Waals surface area (Å²) in [4.78, 5) is 5.51. The standard InChI is InChI=1S/C14H20F3N3S/c15-14(16,17)12-8-19-13(21-12)9-20-5-3-11(4-6-20)18-7-10-1-2-10/h8,10-11,18H,1-7,9H2. The van der Waals surface area contributed by atoms with Crippen molar-refractivity contribution in [3.8, 4) is 0 Å². The van der Waals surface area contributed by atoms with Gasteiger partial charge in [0.2, 0.25) is 0 Å². The number of aromatic nitrogens is 1. The summed E-state index contributed by atoms with van der Waals surface area (Å²) < 4.78 is 37.6. The first-order chi connectivity index (χ1) is 10.0. The van der Waals surface area contributed by atoms with Crippen LogP contribution >= 0.6 is 11.3 Å². The smallest absolute Gasteiger partial charge is 0.314 e. The molecule has 118 valence electrons. The fraction of sp³-hybridized carbons (Fsp3) is 0.786. The molecule has 21 heavy (non-hydrogen) atoms. The van der Waals surface area contributed by atoms with Gasteiger partial charge in [-0.2, -0.15) is 13.2 Å². The van der Waals surface area contributed by atoms with E-state index in [1.165, 1.54) is 12.8 Å². The molecule has 1 saturated carbocycles. The molecule has 2 fully saturated rings. The van der Waals surface area contributed by atoms with Crippen LogP contribution in [0.1, 0.15) is 35.6 Å². The van der Waals surface area contributed by atoms with E-state index >= 15 is 0 Å². The van der Waals surface area contributed by atoms with Crippen molar-refractivity contribution in [3.05, 3.63) is 16.1 Å². The quantitative estimate of drug-likeness (QED) is 0.904. The Morgan fingerprint density at radius 3 is 2.52 bits per heavy atom. The first kappa shape index (κ1) is 15.2. The highest BCUT2D eigenvalue weighted by Gasteiger charge is 2.33. The highest BCUT2D eigenvalue weighted by Crippen LogP contribution is 2.33. The number of hydrogen-bond acceptors (Lipinski definition) is 4. The van der Waals surface area contributed by atoms with Crippen molar-refractivity contribution in [2.24, 2.45) is 5.92 Å². The SMILES string of the molecule is FC(F)(F)c1cnc(CN2CCC(NCC3CC3)CC2)s1. The van der Waals surface area contributed by atoms with E-state index in [0.717, 1.165) is 55.9 Å². The molecule has 0 radical (unpaired) electrons. The van der Waals surface area contributed by atoms with Gasteiger partial charge in [-0.1, -0.05) is 0 Å². The van der Waals surface area contributed by atoms with Crippen molar-refractivity contribution in [1.29, 1.82) is 0 Å². The molecule has 3 nitrogen and oxygen atoms in total. The van der Waals surface area contributed by atoms with Crippen molar-refractivity contribution in [3.63, 3.8) is 0 Å². The summed E-state index contributed by atoms with van der Waals surface area (Å²) in [6.45, 7) is 3.54. The van der Waals surface area contributed by atoms with Crippen LogP contribution in [0.15, 0.2) is 6.20 Å². The fourth-order valence-corrected chi connectivity index (χ4v) is 3.48. The molecular weight excluding hydrogens is 299 g/mol. The summed E-state index contributed by atoms with van der Waals surface area (Å²) in [7, 11) is 0. The molecule has 0 spiro atoms. The van der Waals surface area contributed by atoms with Gasteiger partial charge in [0.1, 0.15) is 9.88 Å². The average molecular weight is 319 g/mol. The van der Waals surface area contributed by atoms with E-state index < -0.39 is 11.1 Å². The first-order valence-corrected chi connectivity index (χ1v) is 8.30. The second kappa shape index (κ2) is 6.22. The van der Waals surface area contributed by atoms with Crippen molar-refractivity contribution < 1.29 is 13.2 Å². The molecule has 0 amide bonds. The third kappa shape index (κ3) is 4.40. The normalized spacial score (nSPS) is 21.9. The van der Waals surface area contributed by atoms with Gasteiger partial charge in [0.05, 0.1) is 12.7 Å². The molecule has 1 aliphatic heterocycles. The molecule has 2 aliphatic rings. The predicted octanol–water partition coefficient (Wildman–Crippen LogP) is 3.13. The Labute approximate surface area is 126 Å². The van der Waals surface area contributed by atoms with Crippen LogP contribution in [0.5, 0.6) is 0 Å². The van der Waals surface area contributed by atoms with E-state index in [9.17, 15) is 13.2 Å². The lowest BCUT2D eigenvalue weighted by atomic mass is 10.0. The molecule has 0 atom stereocenters. The molecule has 0 bridgehead atoms. The summed E-state index contributed by atoms with van der Waals surface area (Å²) in [6, 6.07) is 0.573. The number of halogens is 3. The molecule has 0 unspecified atom stereocenters. The maximum atomic E-state index is 12.5. The Hall–Kier alpha value is -0.660. The van der Waals surface area contributed by atoms with Gasteiger partial charge in [0.15, 0.2) is 0 Å². The Bertz CT molecular complexity index is 462. The summed E-state index contributed by atoms with van der Waals surface area (Å²) in [5.74, 6) is 0.888. The lowest BCUT2D eigenvalue weighted by Gasteiger charge is -2.31. The summed E-state index contributed by atoms with van der Waals surface area (Å²) in [5.41, 5.74) is 0. The highest BCUT2D eigenvalue weighted by atomic mass is 32.1. The molecule has 1 N–H and O–H groups in total. The third-order valence-electron chi connectivity index (χ3n) is 4.17. The number of likely N-dealkylation sites (tertiary alicyclic amines) is 1.